The quantitative estimate of drug-likeness (QED) is 0.619. The van der Waals surface area contributed by atoms with Crippen molar-refractivity contribution in [1.29, 1.82) is 0 Å². The molecule has 14 heavy (non-hydrogen) atoms. The Morgan fingerprint density at radius 1 is 1.07 bits per heavy atom. The molecule has 0 aliphatic carbocycles. The summed E-state index contributed by atoms with van der Waals surface area (Å²) < 4.78 is 5.64. The molecule has 86 valence electrons. The molecule has 0 radical (unpaired) electrons. The van der Waals surface area contributed by atoms with Crippen molar-refractivity contribution in [2.24, 2.45) is 5.92 Å². The fraction of sp³-hybridized carbons (Fsp3) is 1.00. The molecule has 0 saturated heterocycles. The van der Waals surface area contributed by atoms with Crippen molar-refractivity contribution in [2.45, 2.75) is 53.0 Å². The number of rotatable bonds is 9. The van der Waals surface area contributed by atoms with Crippen LogP contribution in [0.15, 0.2) is 0 Å². The lowest BCUT2D eigenvalue weighted by molar-refractivity contribution is 0.0869. The highest BCUT2D eigenvalue weighted by molar-refractivity contribution is 4.58. The first-order valence-corrected chi connectivity index (χ1v) is 6.01. The molecule has 0 bridgehead atoms. The number of hydrogen-bond donors (Lipinski definition) is 1. The molecule has 0 fully saturated rings. The van der Waals surface area contributed by atoms with E-state index in [1.807, 2.05) is 0 Å². The van der Waals surface area contributed by atoms with Gasteiger partial charge in [-0.25, -0.2) is 0 Å². The van der Waals surface area contributed by atoms with Crippen LogP contribution in [0.4, 0.5) is 0 Å². The minimum atomic E-state index is 0.490. The van der Waals surface area contributed by atoms with Gasteiger partial charge < -0.3 is 10.1 Å². The van der Waals surface area contributed by atoms with Crippen LogP contribution < -0.4 is 5.32 Å². The van der Waals surface area contributed by atoms with E-state index in [1.165, 1.54) is 19.3 Å². The zero-order chi connectivity index (χ0) is 10.8. The molecular formula is C12H27NO. The van der Waals surface area contributed by atoms with E-state index in [0.717, 1.165) is 19.8 Å². The molecule has 0 aromatic carbocycles. The average molecular weight is 201 g/mol. The van der Waals surface area contributed by atoms with Crippen LogP contribution in [0.5, 0.6) is 0 Å². The van der Waals surface area contributed by atoms with Crippen LogP contribution in [-0.4, -0.2) is 25.8 Å². The summed E-state index contributed by atoms with van der Waals surface area (Å²) in [5.74, 6) is 0.707. The zero-order valence-electron chi connectivity index (χ0n) is 10.3. The Balaban J connectivity index is 3.25. The van der Waals surface area contributed by atoms with E-state index in [0.29, 0.717) is 12.0 Å². The predicted octanol–water partition coefficient (Wildman–Crippen LogP) is 2.83. The summed E-state index contributed by atoms with van der Waals surface area (Å²) in [7, 11) is 0. The Labute approximate surface area is 89.4 Å². The van der Waals surface area contributed by atoms with Crippen LogP contribution in [0.1, 0.15) is 47.0 Å². The maximum Gasteiger partial charge on any atom is 0.0617 e. The van der Waals surface area contributed by atoms with Crippen molar-refractivity contribution in [1.82, 2.24) is 5.32 Å². The summed E-state index contributed by atoms with van der Waals surface area (Å²) >= 11 is 0. The maximum absolute atomic E-state index is 5.64. The fourth-order valence-corrected chi connectivity index (χ4v) is 1.47. The molecule has 0 saturated carbocycles. The molecule has 0 amide bonds. The van der Waals surface area contributed by atoms with Gasteiger partial charge in [0.1, 0.15) is 0 Å². The van der Waals surface area contributed by atoms with Gasteiger partial charge in [0.15, 0.2) is 0 Å². The molecule has 0 aromatic heterocycles. The van der Waals surface area contributed by atoms with Gasteiger partial charge in [-0.3, -0.25) is 0 Å². The SMILES string of the molecule is CCCNC(C)COCC(C)CCC. The van der Waals surface area contributed by atoms with Gasteiger partial charge in [-0.1, -0.05) is 27.2 Å². The smallest absolute Gasteiger partial charge is 0.0617 e. The Kier molecular flexibility index (Phi) is 9.42. The first kappa shape index (κ1) is 13.9. The summed E-state index contributed by atoms with van der Waals surface area (Å²) in [6.07, 6.45) is 3.72. The van der Waals surface area contributed by atoms with Crippen molar-refractivity contribution in [3.63, 3.8) is 0 Å². The van der Waals surface area contributed by atoms with Gasteiger partial charge >= 0.3 is 0 Å². The van der Waals surface area contributed by atoms with E-state index >= 15 is 0 Å². The Hall–Kier alpha value is -0.0800. The minimum Gasteiger partial charge on any atom is -0.380 e. The van der Waals surface area contributed by atoms with Crippen LogP contribution in [-0.2, 0) is 4.74 Å². The van der Waals surface area contributed by atoms with Crippen molar-refractivity contribution in [3.8, 4) is 0 Å². The zero-order valence-corrected chi connectivity index (χ0v) is 10.3. The molecule has 0 aromatic rings. The van der Waals surface area contributed by atoms with Gasteiger partial charge in [0, 0.05) is 12.6 Å². The highest BCUT2D eigenvalue weighted by Crippen LogP contribution is 2.05. The standard InChI is InChI=1S/C12H27NO/c1-5-7-11(3)9-14-10-12(4)13-8-6-2/h11-13H,5-10H2,1-4H3. The molecule has 0 spiro atoms. The maximum atomic E-state index is 5.64. The third kappa shape index (κ3) is 8.52. The van der Waals surface area contributed by atoms with E-state index in [4.69, 9.17) is 4.74 Å². The minimum absolute atomic E-state index is 0.490. The number of hydrogen-bond acceptors (Lipinski definition) is 2. The molecule has 0 aliphatic rings. The summed E-state index contributed by atoms with van der Waals surface area (Å²) in [6, 6.07) is 0.490. The van der Waals surface area contributed by atoms with Gasteiger partial charge in [0.05, 0.1) is 6.61 Å². The summed E-state index contributed by atoms with van der Waals surface area (Å²) in [5, 5.41) is 3.41. The second-order valence-electron chi connectivity index (χ2n) is 4.29. The van der Waals surface area contributed by atoms with Gasteiger partial charge in [0.2, 0.25) is 0 Å². The van der Waals surface area contributed by atoms with Gasteiger partial charge in [-0.2, -0.15) is 0 Å². The average Bonchev–Trinajstić information content (AvgIpc) is 2.15. The molecule has 0 heterocycles. The molecular weight excluding hydrogens is 174 g/mol. The van der Waals surface area contributed by atoms with Crippen LogP contribution >= 0.6 is 0 Å². The Morgan fingerprint density at radius 3 is 2.36 bits per heavy atom. The molecule has 0 rings (SSSR count). The largest absolute Gasteiger partial charge is 0.380 e. The van der Waals surface area contributed by atoms with Gasteiger partial charge in [-0.05, 0) is 32.2 Å². The summed E-state index contributed by atoms with van der Waals surface area (Å²) in [5.41, 5.74) is 0. The number of ether oxygens (including phenoxy) is 1. The topological polar surface area (TPSA) is 21.3 Å². The van der Waals surface area contributed by atoms with E-state index in [-0.39, 0.29) is 0 Å². The van der Waals surface area contributed by atoms with E-state index in [9.17, 15) is 0 Å². The third-order valence-electron chi connectivity index (χ3n) is 2.29. The lowest BCUT2D eigenvalue weighted by Crippen LogP contribution is -2.31. The van der Waals surface area contributed by atoms with E-state index in [1.54, 1.807) is 0 Å². The van der Waals surface area contributed by atoms with Crippen molar-refractivity contribution in [2.75, 3.05) is 19.8 Å². The fourth-order valence-electron chi connectivity index (χ4n) is 1.47. The molecule has 2 heteroatoms. The normalized spacial score (nSPS) is 15.4. The van der Waals surface area contributed by atoms with Gasteiger partial charge in [-0.15, -0.1) is 0 Å². The number of nitrogens with one attached hydrogen (secondary N) is 1. The molecule has 1 N–H and O–H groups in total. The molecule has 0 aliphatic heterocycles. The second kappa shape index (κ2) is 9.47. The third-order valence-corrected chi connectivity index (χ3v) is 2.29. The predicted molar refractivity (Wildman–Crippen MR) is 62.6 cm³/mol. The highest BCUT2D eigenvalue weighted by Gasteiger charge is 2.03. The summed E-state index contributed by atoms with van der Waals surface area (Å²) in [6.45, 7) is 11.7. The van der Waals surface area contributed by atoms with Crippen LogP contribution in [0, 0.1) is 5.92 Å². The van der Waals surface area contributed by atoms with Crippen LogP contribution in [0.25, 0.3) is 0 Å². The molecule has 2 atom stereocenters. The van der Waals surface area contributed by atoms with Crippen molar-refractivity contribution < 1.29 is 4.74 Å². The second-order valence-corrected chi connectivity index (χ2v) is 4.29. The lowest BCUT2D eigenvalue weighted by atomic mass is 10.1. The van der Waals surface area contributed by atoms with Crippen molar-refractivity contribution >= 4 is 0 Å². The van der Waals surface area contributed by atoms with Crippen LogP contribution in [0.2, 0.25) is 0 Å². The van der Waals surface area contributed by atoms with Crippen LogP contribution in [0.3, 0.4) is 0 Å². The lowest BCUT2D eigenvalue weighted by Gasteiger charge is -2.15. The molecule has 2 nitrogen and oxygen atoms in total. The van der Waals surface area contributed by atoms with Crippen molar-refractivity contribution in [3.05, 3.63) is 0 Å². The summed E-state index contributed by atoms with van der Waals surface area (Å²) in [4.78, 5) is 0. The first-order chi connectivity index (χ1) is 6.70. The van der Waals surface area contributed by atoms with E-state index in [2.05, 4.69) is 33.0 Å². The van der Waals surface area contributed by atoms with Gasteiger partial charge in [0.25, 0.3) is 0 Å². The highest BCUT2D eigenvalue weighted by atomic mass is 16.5. The Morgan fingerprint density at radius 2 is 1.79 bits per heavy atom. The molecule has 2 unspecified atom stereocenters. The monoisotopic (exact) mass is 201 g/mol. The first-order valence-electron chi connectivity index (χ1n) is 6.01. The van der Waals surface area contributed by atoms with E-state index < -0.39 is 0 Å². The Bertz CT molecular complexity index is 117.